The Kier molecular flexibility index (Phi) is 5.32. The zero-order valence-electron chi connectivity index (χ0n) is 11.8. The molecule has 0 unspecified atom stereocenters. The van der Waals surface area contributed by atoms with Crippen LogP contribution in [0.2, 0.25) is 0 Å². The second-order valence-electron chi connectivity index (χ2n) is 4.61. The molecule has 0 fully saturated rings. The van der Waals surface area contributed by atoms with Crippen LogP contribution < -0.4 is 10.1 Å². The van der Waals surface area contributed by atoms with Crippen molar-refractivity contribution in [2.75, 3.05) is 7.11 Å². The van der Waals surface area contributed by atoms with Crippen molar-refractivity contribution in [3.63, 3.8) is 0 Å². The molecule has 7 heteroatoms. The highest BCUT2D eigenvalue weighted by atomic mass is 79.9. The minimum atomic E-state index is -0.581. The van der Waals surface area contributed by atoms with Crippen molar-refractivity contribution in [1.29, 1.82) is 0 Å². The Bertz CT molecular complexity index is 653. The van der Waals surface area contributed by atoms with E-state index < -0.39 is 17.8 Å². The molecule has 0 radical (unpaired) electrons. The van der Waals surface area contributed by atoms with Gasteiger partial charge in [0.15, 0.2) is 0 Å². The molecule has 2 amide bonds. The van der Waals surface area contributed by atoms with Crippen LogP contribution >= 0.6 is 15.9 Å². The molecule has 6 nitrogen and oxygen atoms in total. The number of esters is 1. The van der Waals surface area contributed by atoms with E-state index in [4.69, 9.17) is 9.47 Å². The monoisotopic (exact) mass is 367 g/mol. The van der Waals surface area contributed by atoms with Gasteiger partial charge in [0.1, 0.15) is 12.4 Å². The quantitative estimate of drug-likeness (QED) is 0.469. The van der Waals surface area contributed by atoms with Gasteiger partial charge in [0.25, 0.3) is 11.8 Å². The predicted octanol–water partition coefficient (Wildman–Crippen LogP) is 1.61. The Balaban J connectivity index is 1.95. The van der Waals surface area contributed by atoms with Gasteiger partial charge in [-0.1, -0.05) is 28.1 Å². The second kappa shape index (κ2) is 7.22. The fourth-order valence-electron chi connectivity index (χ4n) is 1.94. The van der Waals surface area contributed by atoms with E-state index in [1.807, 2.05) is 18.2 Å². The van der Waals surface area contributed by atoms with E-state index in [0.29, 0.717) is 11.1 Å². The first-order valence-corrected chi connectivity index (χ1v) is 7.59. The van der Waals surface area contributed by atoms with Gasteiger partial charge in [-0.15, -0.1) is 0 Å². The zero-order chi connectivity index (χ0) is 16.1. The number of carbonyl (C=O) groups excluding carboxylic acids is 3. The summed E-state index contributed by atoms with van der Waals surface area (Å²) in [5.74, 6) is -1.03. The van der Waals surface area contributed by atoms with Gasteiger partial charge >= 0.3 is 5.97 Å². The third-order valence-electron chi connectivity index (χ3n) is 3.06. The van der Waals surface area contributed by atoms with E-state index in [0.717, 1.165) is 17.2 Å². The predicted molar refractivity (Wildman–Crippen MR) is 81.3 cm³/mol. The normalized spacial score (nSPS) is 13.6. The van der Waals surface area contributed by atoms with E-state index in [1.165, 1.54) is 7.11 Å². The molecule has 0 atom stereocenters. The van der Waals surface area contributed by atoms with Crippen LogP contribution in [0.5, 0.6) is 5.75 Å². The van der Waals surface area contributed by atoms with Gasteiger partial charge in [0.05, 0.1) is 13.5 Å². The average molecular weight is 368 g/mol. The maximum Gasteiger partial charge on any atom is 0.310 e. The summed E-state index contributed by atoms with van der Waals surface area (Å²) in [4.78, 5) is 34.1. The van der Waals surface area contributed by atoms with Crippen molar-refractivity contribution in [3.8, 4) is 5.75 Å². The number of ether oxygens (including phenoxy) is 2. The lowest BCUT2D eigenvalue weighted by molar-refractivity contribution is -0.144. The summed E-state index contributed by atoms with van der Waals surface area (Å²) in [6.45, 7) is 0.0351. The Labute approximate surface area is 135 Å². The fraction of sp³-hybridized carbons (Fsp3) is 0.267. The second-order valence-corrected chi connectivity index (χ2v) is 5.17. The molecule has 116 valence electrons. The average Bonchev–Trinajstić information content (AvgIpc) is 2.82. The molecular weight excluding hydrogens is 354 g/mol. The summed E-state index contributed by atoms with van der Waals surface area (Å²) in [5.41, 5.74) is 1.87. The van der Waals surface area contributed by atoms with Crippen LogP contribution in [-0.2, 0) is 31.1 Å². The maximum atomic E-state index is 11.7. The number of amides is 2. The summed E-state index contributed by atoms with van der Waals surface area (Å²) in [6.07, 6.45) is 0.869. The summed E-state index contributed by atoms with van der Waals surface area (Å²) >= 11 is 3.35. The lowest BCUT2D eigenvalue weighted by Crippen LogP contribution is -2.23. The Morgan fingerprint density at radius 3 is 2.68 bits per heavy atom. The number of hydrogen-bond acceptors (Lipinski definition) is 5. The van der Waals surface area contributed by atoms with E-state index in [-0.39, 0.29) is 18.6 Å². The van der Waals surface area contributed by atoms with Crippen molar-refractivity contribution in [2.45, 2.75) is 18.4 Å². The van der Waals surface area contributed by atoms with Gasteiger partial charge in [-0.2, -0.15) is 0 Å². The number of nitrogens with one attached hydrogen (secondary N) is 1. The largest absolute Gasteiger partial charge is 0.496 e. The summed E-state index contributed by atoms with van der Waals surface area (Å²) < 4.78 is 10.4. The number of rotatable bonds is 6. The first kappa shape index (κ1) is 16.2. The highest BCUT2D eigenvalue weighted by Crippen LogP contribution is 2.22. The number of hydrogen-bond donors (Lipinski definition) is 1. The molecule has 1 N–H and O–H groups in total. The third kappa shape index (κ3) is 3.94. The molecule has 0 saturated carbocycles. The molecule has 1 heterocycles. The van der Waals surface area contributed by atoms with Gasteiger partial charge in [0.2, 0.25) is 0 Å². The van der Waals surface area contributed by atoms with Crippen LogP contribution in [0.15, 0.2) is 29.8 Å². The number of methoxy groups -OCH3 is 1. The molecule has 0 saturated heterocycles. The van der Waals surface area contributed by atoms with Crippen LogP contribution in [-0.4, -0.2) is 24.9 Å². The number of alkyl halides is 1. The van der Waals surface area contributed by atoms with Crippen LogP contribution in [0.1, 0.15) is 17.5 Å². The maximum absolute atomic E-state index is 11.7. The topological polar surface area (TPSA) is 81.7 Å². The van der Waals surface area contributed by atoms with Crippen LogP contribution in [0.3, 0.4) is 0 Å². The molecule has 1 aliphatic heterocycles. The van der Waals surface area contributed by atoms with Crippen LogP contribution in [0.4, 0.5) is 0 Å². The summed E-state index contributed by atoms with van der Waals surface area (Å²) in [5, 5.41) is 2.77. The Hall–Kier alpha value is -2.15. The number of imide groups is 1. The van der Waals surface area contributed by atoms with Gasteiger partial charge in [-0.05, 0) is 11.6 Å². The van der Waals surface area contributed by atoms with Crippen molar-refractivity contribution in [2.24, 2.45) is 0 Å². The SMILES string of the molecule is COc1cc(CBr)ccc1COC(=O)CC1=CC(=O)NC1=O. The van der Waals surface area contributed by atoms with E-state index in [2.05, 4.69) is 21.2 Å². The number of halogens is 1. The van der Waals surface area contributed by atoms with E-state index in [9.17, 15) is 14.4 Å². The summed E-state index contributed by atoms with van der Waals surface area (Å²) in [7, 11) is 1.54. The lowest BCUT2D eigenvalue weighted by atomic mass is 10.1. The van der Waals surface area contributed by atoms with Crippen molar-refractivity contribution < 1.29 is 23.9 Å². The van der Waals surface area contributed by atoms with Gasteiger partial charge in [0, 0.05) is 22.5 Å². The zero-order valence-corrected chi connectivity index (χ0v) is 13.4. The lowest BCUT2D eigenvalue weighted by Gasteiger charge is -2.10. The molecule has 0 aromatic heterocycles. The third-order valence-corrected chi connectivity index (χ3v) is 3.71. The first-order chi connectivity index (χ1) is 10.5. The smallest absolute Gasteiger partial charge is 0.310 e. The molecule has 1 aromatic carbocycles. The van der Waals surface area contributed by atoms with Gasteiger partial charge < -0.3 is 9.47 Å². The fourth-order valence-corrected chi connectivity index (χ4v) is 2.29. The molecule has 0 spiro atoms. The van der Waals surface area contributed by atoms with E-state index in [1.54, 1.807) is 0 Å². The minimum Gasteiger partial charge on any atom is -0.496 e. The van der Waals surface area contributed by atoms with Crippen molar-refractivity contribution in [1.82, 2.24) is 5.32 Å². The summed E-state index contributed by atoms with van der Waals surface area (Å²) in [6, 6.07) is 5.56. The first-order valence-electron chi connectivity index (χ1n) is 6.46. The molecule has 1 aliphatic rings. The van der Waals surface area contributed by atoms with Crippen molar-refractivity contribution >= 4 is 33.7 Å². The Morgan fingerprint density at radius 2 is 2.09 bits per heavy atom. The molecule has 1 aromatic rings. The van der Waals surface area contributed by atoms with E-state index >= 15 is 0 Å². The molecule has 22 heavy (non-hydrogen) atoms. The molecule has 0 bridgehead atoms. The van der Waals surface area contributed by atoms with Crippen molar-refractivity contribution in [3.05, 3.63) is 41.0 Å². The molecular formula is C15H14BrNO5. The number of benzene rings is 1. The van der Waals surface area contributed by atoms with Crippen LogP contribution in [0.25, 0.3) is 0 Å². The standard InChI is InChI=1S/C15H14BrNO5/c1-21-12-4-9(7-16)2-3-10(12)8-22-14(19)6-11-5-13(18)17-15(11)20/h2-5H,6-8H2,1H3,(H,17,18,20). The Morgan fingerprint density at radius 1 is 1.32 bits per heavy atom. The molecule has 0 aliphatic carbocycles. The van der Waals surface area contributed by atoms with Crippen LogP contribution in [0, 0.1) is 0 Å². The highest BCUT2D eigenvalue weighted by Gasteiger charge is 2.23. The minimum absolute atomic E-state index is 0.0351. The number of carbonyl (C=O) groups is 3. The van der Waals surface area contributed by atoms with Gasteiger partial charge in [-0.25, -0.2) is 0 Å². The highest BCUT2D eigenvalue weighted by molar-refractivity contribution is 9.08. The molecule has 2 rings (SSSR count). The van der Waals surface area contributed by atoms with Gasteiger partial charge in [-0.3, -0.25) is 19.7 Å².